The zero-order chi connectivity index (χ0) is 21.0. The van der Waals surface area contributed by atoms with Crippen molar-refractivity contribution in [2.75, 3.05) is 0 Å². The zero-order valence-electron chi connectivity index (χ0n) is 17.3. The van der Waals surface area contributed by atoms with Gasteiger partial charge >= 0.3 is 0 Å². The minimum absolute atomic E-state index is 0.00664. The molecule has 0 spiro atoms. The molecule has 3 heterocycles. The first-order chi connectivity index (χ1) is 14.5. The van der Waals surface area contributed by atoms with Gasteiger partial charge in [0.1, 0.15) is 4.83 Å². The maximum Gasteiger partial charge on any atom is 0.262 e. The number of fused-ring (bicyclic) bond motifs is 1. The van der Waals surface area contributed by atoms with Crippen LogP contribution in [0.1, 0.15) is 46.2 Å². The number of nitrogens with zero attached hydrogens (tertiary/aromatic N) is 3. The van der Waals surface area contributed by atoms with E-state index in [0.717, 1.165) is 27.4 Å². The predicted molar refractivity (Wildman–Crippen MR) is 121 cm³/mol. The molecular formula is C24H23N3O2S. The molecule has 0 unspecified atom stereocenters. The molecule has 0 radical (unpaired) electrons. The average Bonchev–Trinajstić information content (AvgIpc) is 3.44. The molecule has 0 saturated heterocycles. The summed E-state index contributed by atoms with van der Waals surface area (Å²) in [6.45, 7) is 6.01. The van der Waals surface area contributed by atoms with Crippen LogP contribution in [0.5, 0.6) is 0 Å². The summed E-state index contributed by atoms with van der Waals surface area (Å²) in [5, 5.41) is 0.609. The molecule has 1 saturated carbocycles. The molecule has 1 aliphatic carbocycles. The number of ketones is 1. The van der Waals surface area contributed by atoms with Gasteiger partial charge in [-0.05, 0) is 50.8 Å². The lowest BCUT2D eigenvalue weighted by Gasteiger charge is -2.08. The lowest BCUT2D eigenvalue weighted by atomic mass is 10.1. The molecule has 1 aromatic carbocycles. The van der Waals surface area contributed by atoms with Gasteiger partial charge in [-0.25, -0.2) is 4.98 Å². The molecule has 5 nitrogen and oxygen atoms in total. The third-order valence-corrected chi connectivity index (χ3v) is 7.21. The van der Waals surface area contributed by atoms with E-state index < -0.39 is 0 Å². The fraction of sp³-hybridized carbons (Fsp3) is 0.292. The number of benzene rings is 1. The van der Waals surface area contributed by atoms with E-state index in [2.05, 4.69) is 9.55 Å². The molecule has 0 atom stereocenters. The van der Waals surface area contributed by atoms with Crippen LogP contribution in [0.3, 0.4) is 0 Å². The zero-order valence-corrected chi connectivity index (χ0v) is 18.1. The van der Waals surface area contributed by atoms with E-state index in [0.29, 0.717) is 21.8 Å². The molecule has 1 fully saturated rings. The minimum atomic E-state index is -0.153. The third kappa shape index (κ3) is 3.03. The van der Waals surface area contributed by atoms with Crippen LogP contribution in [-0.2, 0) is 6.54 Å². The summed E-state index contributed by atoms with van der Waals surface area (Å²) < 4.78 is 3.70. The molecule has 0 amide bonds. The van der Waals surface area contributed by atoms with Crippen molar-refractivity contribution in [3.05, 3.63) is 75.6 Å². The average molecular weight is 418 g/mol. The van der Waals surface area contributed by atoms with Gasteiger partial charge in [-0.3, -0.25) is 14.2 Å². The van der Waals surface area contributed by atoms with E-state index in [4.69, 9.17) is 0 Å². The van der Waals surface area contributed by atoms with Crippen molar-refractivity contribution in [1.29, 1.82) is 0 Å². The van der Waals surface area contributed by atoms with Crippen molar-refractivity contribution in [3.63, 3.8) is 0 Å². The maximum absolute atomic E-state index is 13.2. The van der Waals surface area contributed by atoms with Crippen molar-refractivity contribution >= 4 is 27.3 Å². The van der Waals surface area contributed by atoms with Gasteiger partial charge in [-0.2, -0.15) is 0 Å². The normalized spacial score (nSPS) is 13.8. The number of aryl methyl sites for hydroxylation is 2. The molecule has 0 aliphatic heterocycles. The molecular weight excluding hydrogens is 394 g/mol. The van der Waals surface area contributed by atoms with Crippen molar-refractivity contribution in [2.45, 2.75) is 46.2 Å². The summed E-state index contributed by atoms with van der Waals surface area (Å²) in [5.74, 6) is -0.0468. The first-order valence-electron chi connectivity index (χ1n) is 10.2. The molecule has 6 heteroatoms. The van der Waals surface area contributed by atoms with Crippen LogP contribution in [0, 0.1) is 20.8 Å². The Balaban J connectivity index is 1.52. The lowest BCUT2D eigenvalue weighted by Crippen LogP contribution is -2.24. The summed E-state index contributed by atoms with van der Waals surface area (Å²) in [7, 11) is 0. The van der Waals surface area contributed by atoms with Gasteiger partial charge < -0.3 is 4.57 Å². The highest BCUT2D eigenvalue weighted by atomic mass is 32.1. The van der Waals surface area contributed by atoms with Crippen molar-refractivity contribution < 1.29 is 4.79 Å². The second-order valence-corrected chi connectivity index (χ2v) is 9.09. The summed E-state index contributed by atoms with van der Waals surface area (Å²) in [6, 6.07) is 12.5. The number of thiophene rings is 1. The standard InChI is InChI=1S/C24H23N3O2S/c1-14-11-19(16(3)27(14)18-9-10-18)20(28)12-26-13-25-23-21(24(26)29)15(2)22(30-23)17-7-5-4-6-8-17/h4-8,11,13,18H,9-10,12H2,1-3H3. The highest BCUT2D eigenvalue weighted by Gasteiger charge is 2.28. The van der Waals surface area contributed by atoms with Crippen LogP contribution < -0.4 is 5.56 Å². The van der Waals surface area contributed by atoms with E-state index in [9.17, 15) is 9.59 Å². The number of hydrogen-bond donors (Lipinski definition) is 0. The Morgan fingerprint density at radius 1 is 1.17 bits per heavy atom. The Bertz CT molecular complexity index is 1340. The SMILES string of the molecule is Cc1c(-c2ccccc2)sc2ncn(CC(=O)c3cc(C)n(C4CC4)c3C)c(=O)c12. The van der Waals surface area contributed by atoms with Crippen LogP contribution >= 0.6 is 11.3 Å². The largest absolute Gasteiger partial charge is 0.345 e. The Labute approximate surface area is 178 Å². The summed E-state index contributed by atoms with van der Waals surface area (Å²) >= 11 is 1.52. The molecule has 5 rings (SSSR count). The van der Waals surface area contributed by atoms with Gasteiger partial charge in [0.05, 0.1) is 18.3 Å². The molecule has 0 bridgehead atoms. The van der Waals surface area contributed by atoms with Crippen LogP contribution in [0.2, 0.25) is 0 Å². The summed E-state index contributed by atoms with van der Waals surface area (Å²) in [5.41, 5.74) is 4.67. The van der Waals surface area contributed by atoms with Gasteiger partial charge in [0.15, 0.2) is 5.78 Å². The second-order valence-electron chi connectivity index (χ2n) is 8.09. The van der Waals surface area contributed by atoms with Crippen molar-refractivity contribution in [2.24, 2.45) is 0 Å². The van der Waals surface area contributed by atoms with Gasteiger partial charge in [-0.15, -0.1) is 11.3 Å². The Morgan fingerprint density at radius 2 is 1.90 bits per heavy atom. The van der Waals surface area contributed by atoms with Crippen molar-refractivity contribution in [1.82, 2.24) is 14.1 Å². The molecule has 4 aromatic rings. The van der Waals surface area contributed by atoms with E-state index in [-0.39, 0.29) is 17.9 Å². The minimum Gasteiger partial charge on any atom is -0.345 e. The molecule has 152 valence electrons. The Kier molecular flexibility index (Phi) is 4.47. The van der Waals surface area contributed by atoms with E-state index in [1.165, 1.54) is 35.1 Å². The number of rotatable bonds is 5. The van der Waals surface area contributed by atoms with E-state index in [1.807, 2.05) is 57.2 Å². The van der Waals surface area contributed by atoms with Crippen LogP contribution in [-0.4, -0.2) is 19.9 Å². The molecule has 30 heavy (non-hydrogen) atoms. The monoisotopic (exact) mass is 417 g/mol. The number of Topliss-reactive ketones (excluding diaryl/α,β-unsaturated/α-hetero) is 1. The quantitative estimate of drug-likeness (QED) is 0.426. The van der Waals surface area contributed by atoms with Crippen molar-refractivity contribution in [3.8, 4) is 10.4 Å². The van der Waals surface area contributed by atoms with Gasteiger partial charge in [0.2, 0.25) is 0 Å². The summed E-state index contributed by atoms with van der Waals surface area (Å²) in [6.07, 6.45) is 3.85. The highest BCUT2D eigenvalue weighted by Crippen LogP contribution is 2.38. The maximum atomic E-state index is 13.2. The number of carbonyl (C=O) groups excluding carboxylic acids is 1. The first kappa shape index (κ1) is 19.0. The first-order valence-corrected chi connectivity index (χ1v) is 11.0. The van der Waals surface area contributed by atoms with Gasteiger partial charge in [0.25, 0.3) is 5.56 Å². The van der Waals surface area contributed by atoms with Crippen LogP contribution in [0.25, 0.3) is 20.7 Å². The number of carbonyl (C=O) groups is 1. The molecule has 1 aliphatic rings. The molecule has 0 N–H and O–H groups in total. The van der Waals surface area contributed by atoms with Crippen LogP contribution in [0.15, 0.2) is 47.5 Å². The summed E-state index contributed by atoms with van der Waals surface area (Å²) in [4.78, 5) is 32.5. The van der Waals surface area contributed by atoms with Gasteiger partial charge in [-0.1, -0.05) is 30.3 Å². The highest BCUT2D eigenvalue weighted by molar-refractivity contribution is 7.22. The topological polar surface area (TPSA) is 56.9 Å². The Morgan fingerprint density at radius 3 is 2.60 bits per heavy atom. The molecule has 3 aromatic heterocycles. The smallest absolute Gasteiger partial charge is 0.262 e. The van der Waals surface area contributed by atoms with E-state index in [1.54, 1.807) is 0 Å². The lowest BCUT2D eigenvalue weighted by molar-refractivity contribution is 0.0970. The fourth-order valence-electron chi connectivity index (χ4n) is 4.33. The Hall–Kier alpha value is -2.99. The fourth-order valence-corrected chi connectivity index (χ4v) is 5.48. The van der Waals surface area contributed by atoms with Gasteiger partial charge in [0, 0.05) is 27.9 Å². The van der Waals surface area contributed by atoms with Crippen LogP contribution in [0.4, 0.5) is 0 Å². The third-order valence-electron chi connectivity index (χ3n) is 5.96. The number of hydrogen-bond acceptors (Lipinski definition) is 4. The second kappa shape index (κ2) is 7.06. The van der Waals surface area contributed by atoms with E-state index >= 15 is 0 Å². The number of aromatic nitrogens is 3. The predicted octanol–water partition coefficient (Wildman–Crippen LogP) is 5.07.